The Bertz CT molecular complexity index is 725. The maximum absolute atomic E-state index is 12.4. The fraction of sp³-hybridized carbons (Fsp3) is 0.696. The van der Waals surface area contributed by atoms with Crippen LogP contribution in [-0.2, 0) is 14.3 Å². The van der Waals surface area contributed by atoms with Crippen LogP contribution in [0.25, 0.3) is 6.08 Å². The summed E-state index contributed by atoms with van der Waals surface area (Å²) in [5.41, 5.74) is 0.789. The van der Waals surface area contributed by atoms with E-state index in [1.165, 1.54) is 25.7 Å². The largest absolute Gasteiger partial charge is 0.463 e. The van der Waals surface area contributed by atoms with Crippen LogP contribution < -0.4 is 5.32 Å². The molecule has 0 unspecified atom stereocenters. The van der Waals surface area contributed by atoms with Gasteiger partial charge in [-0.3, -0.25) is 0 Å². The Morgan fingerprint density at radius 3 is 2.60 bits per heavy atom. The number of carbonyl (C=O) groups is 2. The second-order valence-electron chi connectivity index (χ2n) is 9.08. The summed E-state index contributed by atoms with van der Waals surface area (Å²) >= 11 is 0. The molecule has 1 fully saturated rings. The van der Waals surface area contributed by atoms with Crippen LogP contribution in [0.15, 0.2) is 18.1 Å². The van der Waals surface area contributed by atoms with Crippen molar-refractivity contribution in [1.29, 1.82) is 0 Å². The molecule has 1 N–H and O–H groups in total. The lowest BCUT2D eigenvalue weighted by Gasteiger charge is -2.26. The average Bonchev–Trinajstić information content (AvgIpc) is 3.12. The first-order chi connectivity index (χ1) is 14.2. The lowest BCUT2D eigenvalue weighted by atomic mass is 9.87. The Hall–Kier alpha value is -2.31. The summed E-state index contributed by atoms with van der Waals surface area (Å²) in [7, 11) is 0. The van der Waals surface area contributed by atoms with Crippen molar-refractivity contribution in [2.24, 2.45) is 5.92 Å². The molecule has 1 aromatic rings. The lowest BCUT2D eigenvalue weighted by molar-refractivity contribution is -0.138. The molecule has 0 atom stereocenters. The predicted octanol–water partition coefficient (Wildman–Crippen LogP) is 4.89. The van der Waals surface area contributed by atoms with Crippen molar-refractivity contribution in [3.05, 3.63) is 23.8 Å². The number of rotatable bonds is 8. The highest BCUT2D eigenvalue weighted by molar-refractivity contribution is 5.93. The summed E-state index contributed by atoms with van der Waals surface area (Å²) in [5.74, 6) is 0.463. The van der Waals surface area contributed by atoms with Crippen molar-refractivity contribution in [2.45, 2.75) is 84.8 Å². The van der Waals surface area contributed by atoms with E-state index < -0.39 is 11.7 Å². The minimum Gasteiger partial charge on any atom is -0.463 e. The quantitative estimate of drug-likeness (QED) is 0.369. The van der Waals surface area contributed by atoms with Crippen LogP contribution in [0.5, 0.6) is 0 Å². The van der Waals surface area contributed by atoms with Gasteiger partial charge in [0.25, 0.3) is 0 Å². The number of imidazole rings is 1. The second-order valence-corrected chi connectivity index (χ2v) is 9.08. The highest BCUT2D eigenvalue weighted by Crippen LogP contribution is 2.31. The number of alkyl carbamates (subject to hydrolysis) is 1. The zero-order valence-electron chi connectivity index (χ0n) is 19.1. The van der Waals surface area contributed by atoms with Gasteiger partial charge < -0.3 is 19.4 Å². The third-order valence-corrected chi connectivity index (χ3v) is 5.18. The van der Waals surface area contributed by atoms with E-state index >= 15 is 0 Å². The van der Waals surface area contributed by atoms with E-state index in [4.69, 9.17) is 9.47 Å². The summed E-state index contributed by atoms with van der Waals surface area (Å²) in [6, 6.07) is 0.486. The Labute approximate surface area is 180 Å². The van der Waals surface area contributed by atoms with Crippen LogP contribution in [0.2, 0.25) is 0 Å². The Balaban J connectivity index is 1.95. The van der Waals surface area contributed by atoms with Gasteiger partial charge in [0.15, 0.2) is 0 Å². The van der Waals surface area contributed by atoms with Gasteiger partial charge in [-0.15, -0.1) is 0 Å². The zero-order chi connectivity index (χ0) is 22.1. The SMILES string of the molecule is CCOC(=O)/C(=C/c1cn([C@H]2CC[C@@H](C)CC2)cn1)CCCNC(=O)OC(C)(C)C. The summed E-state index contributed by atoms with van der Waals surface area (Å²) in [6.45, 7) is 10.3. The van der Waals surface area contributed by atoms with Crippen molar-refractivity contribution < 1.29 is 19.1 Å². The smallest absolute Gasteiger partial charge is 0.407 e. The van der Waals surface area contributed by atoms with E-state index in [1.807, 2.05) is 33.3 Å². The molecule has 1 aromatic heterocycles. The standard InChI is InChI=1S/C23H37N3O4/c1-6-29-21(27)18(8-7-13-24-22(28)30-23(3,4)5)14-19-15-26(16-25-19)20-11-9-17(2)10-12-20/h14-17,20H,6-13H2,1-5H3,(H,24,28)/b18-14+/t17-,20+. The first-order valence-corrected chi connectivity index (χ1v) is 11.1. The molecule has 30 heavy (non-hydrogen) atoms. The molecule has 1 heterocycles. The van der Waals surface area contributed by atoms with Gasteiger partial charge in [0, 0.05) is 24.4 Å². The number of nitrogens with one attached hydrogen (secondary N) is 1. The van der Waals surface area contributed by atoms with Crippen LogP contribution in [0, 0.1) is 5.92 Å². The third kappa shape index (κ3) is 8.20. The molecule has 7 nitrogen and oxygen atoms in total. The van der Waals surface area contributed by atoms with E-state index in [0.29, 0.717) is 37.6 Å². The van der Waals surface area contributed by atoms with Gasteiger partial charge in [-0.05, 0) is 78.2 Å². The molecule has 1 aliphatic rings. The van der Waals surface area contributed by atoms with Crippen LogP contribution in [-0.4, -0.2) is 40.4 Å². The molecular formula is C23H37N3O4. The molecule has 2 rings (SSSR count). The van der Waals surface area contributed by atoms with E-state index in [0.717, 1.165) is 11.6 Å². The molecule has 0 saturated heterocycles. The molecule has 0 spiro atoms. The van der Waals surface area contributed by atoms with Gasteiger partial charge in [-0.1, -0.05) is 6.92 Å². The normalized spacial score (nSPS) is 20.0. The molecule has 0 bridgehead atoms. The number of ether oxygens (including phenoxy) is 2. The number of amides is 1. The van der Waals surface area contributed by atoms with Gasteiger partial charge in [-0.2, -0.15) is 0 Å². The number of esters is 1. The zero-order valence-corrected chi connectivity index (χ0v) is 19.1. The van der Waals surface area contributed by atoms with E-state index in [9.17, 15) is 9.59 Å². The maximum Gasteiger partial charge on any atom is 0.407 e. The van der Waals surface area contributed by atoms with Crippen LogP contribution in [0.3, 0.4) is 0 Å². The molecule has 7 heteroatoms. The van der Waals surface area contributed by atoms with Crippen LogP contribution >= 0.6 is 0 Å². The molecule has 0 aromatic carbocycles. The van der Waals surface area contributed by atoms with Crippen molar-refractivity contribution >= 4 is 18.1 Å². The molecule has 1 amide bonds. The van der Waals surface area contributed by atoms with Gasteiger partial charge in [0.05, 0.1) is 18.6 Å². The van der Waals surface area contributed by atoms with Crippen LogP contribution in [0.1, 0.15) is 84.9 Å². The first-order valence-electron chi connectivity index (χ1n) is 11.1. The van der Waals surface area contributed by atoms with Gasteiger partial charge in [0.1, 0.15) is 5.60 Å². The second kappa shape index (κ2) is 11.2. The Morgan fingerprint density at radius 1 is 1.27 bits per heavy atom. The highest BCUT2D eigenvalue weighted by atomic mass is 16.6. The van der Waals surface area contributed by atoms with E-state index in [1.54, 1.807) is 13.0 Å². The minimum absolute atomic E-state index is 0.320. The highest BCUT2D eigenvalue weighted by Gasteiger charge is 2.20. The van der Waals surface area contributed by atoms with Gasteiger partial charge in [-0.25, -0.2) is 14.6 Å². The third-order valence-electron chi connectivity index (χ3n) is 5.18. The predicted molar refractivity (Wildman–Crippen MR) is 117 cm³/mol. The number of carbonyl (C=O) groups excluding carboxylic acids is 2. The summed E-state index contributed by atoms with van der Waals surface area (Å²) in [6.07, 6.45) is 11.1. The molecular weight excluding hydrogens is 382 g/mol. The molecule has 0 aliphatic heterocycles. The van der Waals surface area contributed by atoms with E-state index in [2.05, 4.69) is 21.8 Å². The first kappa shape index (κ1) is 24.0. The lowest BCUT2D eigenvalue weighted by Crippen LogP contribution is -2.33. The van der Waals surface area contributed by atoms with Crippen LogP contribution in [0.4, 0.5) is 4.79 Å². The molecule has 1 saturated carbocycles. The fourth-order valence-electron chi connectivity index (χ4n) is 3.59. The summed E-state index contributed by atoms with van der Waals surface area (Å²) in [5, 5.41) is 2.72. The van der Waals surface area contributed by atoms with Gasteiger partial charge in [0.2, 0.25) is 0 Å². The maximum atomic E-state index is 12.4. The number of hydrogen-bond acceptors (Lipinski definition) is 5. The fourth-order valence-corrected chi connectivity index (χ4v) is 3.59. The van der Waals surface area contributed by atoms with Crippen molar-refractivity contribution in [3.63, 3.8) is 0 Å². The van der Waals surface area contributed by atoms with Crippen molar-refractivity contribution in [2.75, 3.05) is 13.2 Å². The molecule has 1 aliphatic carbocycles. The summed E-state index contributed by atoms with van der Waals surface area (Å²) in [4.78, 5) is 28.6. The number of aromatic nitrogens is 2. The van der Waals surface area contributed by atoms with Crippen molar-refractivity contribution in [3.8, 4) is 0 Å². The topological polar surface area (TPSA) is 82.5 Å². The monoisotopic (exact) mass is 419 g/mol. The number of nitrogens with zero attached hydrogens (tertiary/aromatic N) is 2. The average molecular weight is 420 g/mol. The Morgan fingerprint density at radius 2 is 1.97 bits per heavy atom. The molecule has 168 valence electrons. The minimum atomic E-state index is -0.532. The van der Waals surface area contributed by atoms with Gasteiger partial charge >= 0.3 is 12.1 Å². The summed E-state index contributed by atoms with van der Waals surface area (Å²) < 4.78 is 12.6. The van der Waals surface area contributed by atoms with Crippen molar-refractivity contribution in [1.82, 2.24) is 14.9 Å². The van der Waals surface area contributed by atoms with E-state index in [-0.39, 0.29) is 5.97 Å². The number of hydrogen-bond donors (Lipinski definition) is 1. The Kier molecular flexibility index (Phi) is 8.93. The molecule has 0 radical (unpaired) electrons.